The van der Waals surface area contributed by atoms with Gasteiger partial charge in [-0.3, -0.25) is 4.68 Å². The van der Waals surface area contributed by atoms with E-state index in [1.807, 2.05) is 44.2 Å². The Morgan fingerprint density at radius 2 is 2.15 bits per heavy atom. The molecule has 108 valence electrons. The molecule has 0 saturated heterocycles. The quantitative estimate of drug-likeness (QED) is 0.879. The predicted octanol–water partition coefficient (Wildman–Crippen LogP) is 2.31. The van der Waals surface area contributed by atoms with Crippen LogP contribution in [-0.4, -0.2) is 23.4 Å². The van der Waals surface area contributed by atoms with Gasteiger partial charge < -0.3 is 10.2 Å². The summed E-state index contributed by atoms with van der Waals surface area (Å²) >= 11 is 0. The molecule has 0 spiro atoms. The minimum absolute atomic E-state index is 0.188. The monoisotopic (exact) mass is 276 g/mol. The first kappa shape index (κ1) is 14.5. The Balaban J connectivity index is 2.07. The summed E-state index contributed by atoms with van der Waals surface area (Å²) in [7, 11) is 3.76. The third kappa shape index (κ3) is 3.57. The average Bonchev–Trinajstić information content (AvgIpc) is 2.81. The Bertz CT molecular complexity index is 565. The van der Waals surface area contributed by atoms with Crippen LogP contribution < -0.4 is 10.2 Å². The second-order valence-electron chi connectivity index (χ2n) is 4.94. The number of halogens is 1. The molecular formula is C15H21FN4. The van der Waals surface area contributed by atoms with Crippen LogP contribution in [0.3, 0.4) is 0 Å². The highest BCUT2D eigenvalue weighted by Gasteiger charge is 2.09. The summed E-state index contributed by atoms with van der Waals surface area (Å²) in [6.07, 6.45) is 3.74. The molecule has 1 heterocycles. The largest absolute Gasteiger partial charge is 0.368 e. The van der Waals surface area contributed by atoms with Gasteiger partial charge >= 0.3 is 0 Å². The van der Waals surface area contributed by atoms with Crippen molar-refractivity contribution in [3.05, 3.63) is 47.5 Å². The van der Waals surface area contributed by atoms with Crippen LogP contribution >= 0.6 is 0 Å². The zero-order chi connectivity index (χ0) is 14.5. The van der Waals surface area contributed by atoms with Crippen LogP contribution in [0.5, 0.6) is 0 Å². The van der Waals surface area contributed by atoms with Crippen LogP contribution in [0.15, 0.2) is 30.6 Å². The van der Waals surface area contributed by atoms with Crippen molar-refractivity contribution >= 4 is 5.69 Å². The van der Waals surface area contributed by atoms with Crippen molar-refractivity contribution in [3.8, 4) is 0 Å². The molecule has 5 heteroatoms. The lowest BCUT2D eigenvalue weighted by molar-refractivity contribution is 0.616. The van der Waals surface area contributed by atoms with Gasteiger partial charge in [-0.1, -0.05) is 13.0 Å². The van der Waals surface area contributed by atoms with E-state index in [9.17, 15) is 4.39 Å². The summed E-state index contributed by atoms with van der Waals surface area (Å²) in [5, 5.41) is 7.31. The van der Waals surface area contributed by atoms with Crippen LogP contribution in [0.4, 0.5) is 10.1 Å². The number of hydrogen-bond acceptors (Lipinski definition) is 3. The van der Waals surface area contributed by atoms with Crippen molar-refractivity contribution in [1.29, 1.82) is 0 Å². The highest BCUT2D eigenvalue weighted by molar-refractivity contribution is 5.48. The van der Waals surface area contributed by atoms with E-state index in [1.54, 1.807) is 16.9 Å². The maximum Gasteiger partial charge on any atom is 0.146 e. The molecule has 1 N–H and O–H groups in total. The molecule has 2 rings (SSSR count). The fraction of sp³-hybridized carbons (Fsp3) is 0.400. The molecule has 4 nitrogen and oxygen atoms in total. The molecule has 0 saturated carbocycles. The first-order valence-corrected chi connectivity index (χ1v) is 6.78. The summed E-state index contributed by atoms with van der Waals surface area (Å²) in [6.45, 7) is 4.24. The molecule has 0 aliphatic carbocycles. The van der Waals surface area contributed by atoms with Crippen molar-refractivity contribution < 1.29 is 4.39 Å². The van der Waals surface area contributed by atoms with Gasteiger partial charge in [0.25, 0.3) is 0 Å². The molecule has 0 fully saturated rings. The minimum atomic E-state index is -0.188. The Morgan fingerprint density at radius 3 is 2.75 bits per heavy atom. The normalized spacial score (nSPS) is 10.8. The van der Waals surface area contributed by atoms with E-state index in [1.165, 1.54) is 0 Å². The van der Waals surface area contributed by atoms with Gasteiger partial charge in [-0.15, -0.1) is 0 Å². The Morgan fingerprint density at radius 1 is 1.35 bits per heavy atom. The van der Waals surface area contributed by atoms with E-state index in [0.29, 0.717) is 18.8 Å². The van der Waals surface area contributed by atoms with Crippen LogP contribution in [0.25, 0.3) is 0 Å². The van der Waals surface area contributed by atoms with Crippen molar-refractivity contribution in [2.75, 3.05) is 18.5 Å². The zero-order valence-electron chi connectivity index (χ0n) is 12.2. The van der Waals surface area contributed by atoms with E-state index >= 15 is 0 Å². The topological polar surface area (TPSA) is 33.1 Å². The molecule has 1 aromatic carbocycles. The summed E-state index contributed by atoms with van der Waals surface area (Å²) in [6, 6.07) is 5.39. The first-order valence-electron chi connectivity index (χ1n) is 6.78. The number of aryl methyl sites for hydroxylation is 1. The Labute approximate surface area is 119 Å². The van der Waals surface area contributed by atoms with Crippen molar-refractivity contribution in [1.82, 2.24) is 15.1 Å². The molecule has 0 radical (unpaired) electrons. The number of nitrogens with one attached hydrogen (secondary N) is 1. The lowest BCUT2D eigenvalue weighted by Gasteiger charge is -2.19. The Kier molecular flexibility index (Phi) is 4.74. The van der Waals surface area contributed by atoms with Gasteiger partial charge in [-0.2, -0.15) is 5.10 Å². The van der Waals surface area contributed by atoms with Crippen LogP contribution in [0.1, 0.15) is 18.1 Å². The summed E-state index contributed by atoms with van der Waals surface area (Å²) in [5.41, 5.74) is 2.63. The number of nitrogens with zero attached hydrogens (tertiary/aromatic N) is 3. The van der Waals surface area contributed by atoms with Crippen molar-refractivity contribution in [3.63, 3.8) is 0 Å². The Hall–Kier alpha value is -1.88. The summed E-state index contributed by atoms with van der Waals surface area (Å²) in [5.74, 6) is -0.188. The number of hydrogen-bond donors (Lipinski definition) is 1. The third-order valence-electron chi connectivity index (χ3n) is 3.18. The van der Waals surface area contributed by atoms with E-state index in [-0.39, 0.29) is 5.82 Å². The van der Waals surface area contributed by atoms with Crippen LogP contribution in [-0.2, 0) is 20.1 Å². The van der Waals surface area contributed by atoms with E-state index in [0.717, 1.165) is 17.7 Å². The smallest absolute Gasteiger partial charge is 0.146 e. The first-order chi connectivity index (χ1) is 9.60. The fourth-order valence-electron chi connectivity index (χ4n) is 2.15. The van der Waals surface area contributed by atoms with Gasteiger partial charge in [0.15, 0.2) is 0 Å². The predicted molar refractivity (Wildman–Crippen MR) is 79.1 cm³/mol. The van der Waals surface area contributed by atoms with Gasteiger partial charge in [-0.25, -0.2) is 4.39 Å². The van der Waals surface area contributed by atoms with Crippen LogP contribution in [0.2, 0.25) is 0 Å². The van der Waals surface area contributed by atoms with E-state index < -0.39 is 0 Å². The molecule has 0 aliphatic rings. The number of rotatable bonds is 6. The van der Waals surface area contributed by atoms with Gasteiger partial charge in [0.1, 0.15) is 5.82 Å². The van der Waals surface area contributed by atoms with Gasteiger partial charge in [0, 0.05) is 38.9 Å². The third-order valence-corrected chi connectivity index (χ3v) is 3.18. The number of aromatic nitrogens is 2. The molecule has 0 unspecified atom stereocenters. The average molecular weight is 276 g/mol. The molecule has 0 bridgehead atoms. The molecule has 0 amide bonds. The summed E-state index contributed by atoms with van der Waals surface area (Å²) in [4.78, 5) is 1.89. The van der Waals surface area contributed by atoms with Gasteiger partial charge in [0.2, 0.25) is 0 Å². The second kappa shape index (κ2) is 6.52. The summed E-state index contributed by atoms with van der Waals surface area (Å²) < 4.78 is 15.9. The molecule has 20 heavy (non-hydrogen) atoms. The molecule has 2 aromatic rings. The SMILES string of the molecule is CCNCc1ccc(N(C)Cc2cnn(C)c2)c(F)c1. The lowest BCUT2D eigenvalue weighted by Crippen LogP contribution is -2.18. The standard InChI is InChI=1S/C15H21FN4/c1-4-17-8-12-5-6-15(14(16)7-12)19(2)10-13-9-18-20(3)11-13/h5-7,9,11,17H,4,8,10H2,1-3H3. The van der Waals surface area contributed by atoms with Gasteiger partial charge in [0.05, 0.1) is 11.9 Å². The highest BCUT2D eigenvalue weighted by Crippen LogP contribution is 2.21. The second-order valence-corrected chi connectivity index (χ2v) is 4.94. The number of benzene rings is 1. The number of anilines is 1. The van der Waals surface area contributed by atoms with Crippen LogP contribution in [0, 0.1) is 5.82 Å². The zero-order valence-corrected chi connectivity index (χ0v) is 12.2. The maximum atomic E-state index is 14.1. The van der Waals surface area contributed by atoms with E-state index in [2.05, 4.69) is 10.4 Å². The van der Waals surface area contributed by atoms with Crippen molar-refractivity contribution in [2.24, 2.45) is 7.05 Å². The minimum Gasteiger partial charge on any atom is -0.368 e. The molecule has 1 aromatic heterocycles. The fourth-order valence-corrected chi connectivity index (χ4v) is 2.15. The molecule has 0 aliphatic heterocycles. The maximum absolute atomic E-state index is 14.1. The molecular weight excluding hydrogens is 255 g/mol. The lowest BCUT2D eigenvalue weighted by atomic mass is 10.1. The highest BCUT2D eigenvalue weighted by atomic mass is 19.1. The van der Waals surface area contributed by atoms with Gasteiger partial charge in [-0.05, 0) is 24.2 Å². The van der Waals surface area contributed by atoms with E-state index in [4.69, 9.17) is 0 Å². The van der Waals surface area contributed by atoms with Crippen molar-refractivity contribution in [2.45, 2.75) is 20.0 Å². The molecule has 0 atom stereocenters.